The van der Waals surface area contributed by atoms with Crippen molar-refractivity contribution in [1.29, 1.82) is 0 Å². The molecule has 0 fully saturated rings. The van der Waals surface area contributed by atoms with Gasteiger partial charge in [0, 0.05) is 3.57 Å². The average molecular weight is 309 g/mol. The number of sulfonamides is 1. The fraction of sp³-hybridized carbons (Fsp3) is 0. The van der Waals surface area contributed by atoms with Crippen LogP contribution in [0.15, 0.2) is 23.1 Å². The SMILES string of the molecule is O=C1NS(=O)(=O)c2cccc(I)c21. The van der Waals surface area contributed by atoms with Gasteiger partial charge in [-0.05, 0) is 34.7 Å². The molecule has 4 nitrogen and oxygen atoms in total. The number of rotatable bonds is 0. The van der Waals surface area contributed by atoms with Crippen LogP contribution in [0.5, 0.6) is 0 Å². The third kappa shape index (κ3) is 1.24. The molecule has 0 atom stereocenters. The number of nitrogens with one attached hydrogen (secondary N) is 1. The maximum atomic E-state index is 11.3. The minimum absolute atomic E-state index is 0.0735. The Bertz CT molecular complexity index is 494. The average Bonchev–Trinajstić information content (AvgIpc) is 2.24. The molecule has 1 amide bonds. The molecule has 6 heteroatoms. The number of carbonyl (C=O) groups excluding carboxylic acids is 1. The van der Waals surface area contributed by atoms with Crippen LogP contribution in [0.3, 0.4) is 0 Å². The first-order chi connectivity index (χ1) is 6.02. The van der Waals surface area contributed by atoms with Crippen molar-refractivity contribution in [1.82, 2.24) is 4.72 Å². The highest BCUT2D eigenvalue weighted by atomic mass is 127. The molecule has 0 saturated carbocycles. The molecule has 0 saturated heterocycles. The predicted molar refractivity (Wildman–Crippen MR) is 53.8 cm³/mol. The van der Waals surface area contributed by atoms with Crippen molar-refractivity contribution < 1.29 is 13.2 Å². The Kier molecular flexibility index (Phi) is 1.84. The number of amides is 1. The zero-order valence-corrected chi connectivity index (χ0v) is 9.22. The van der Waals surface area contributed by atoms with Crippen molar-refractivity contribution in [2.45, 2.75) is 4.90 Å². The normalized spacial score (nSPS) is 18.1. The number of halogens is 1. The highest BCUT2D eigenvalue weighted by Gasteiger charge is 2.33. The molecule has 1 aliphatic rings. The van der Waals surface area contributed by atoms with E-state index < -0.39 is 15.9 Å². The molecule has 0 spiro atoms. The maximum absolute atomic E-state index is 11.3. The summed E-state index contributed by atoms with van der Waals surface area (Å²) in [5.74, 6) is -0.542. The van der Waals surface area contributed by atoms with Crippen LogP contribution in [-0.4, -0.2) is 14.3 Å². The van der Waals surface area contributed by atoms with E-state index in [9.17, 15) is 13.2 Å². The summed E-state index contributed by atoms with van der Waals surface area (Å²) in [5.41, 5.74) is 0.253. The van der Waals surface area contributed by atoms with Crippen molar-refractivity contribution in [2.24, 2.45) is 0 Å². The molecule has 1 aliphatic heterocycles. The van der Waals surface area contributed by atoms with E-state index in [2.05, 4.69) is 0 Å². The molecule has 0 aliphatic carbocycles. The van der Waals surface area contributed by atoms with Gasteiger partial charge in [-0.25, -0.2) is 13.1 Å². The van der Waals surface area contributed by atoms with Crippen molar-refractivity contribution in [3.63, 3.8) is 0 Å². The predicted octanol–water partition coefficient (Wildman–Crippen LogP) is 0.723. The van der Waals surface area contributed by atoms with Gasteiger partial charge in [-0.3, -0.25) is 4.79 Å². The van der Waals surface area contributed by atoms with Crippen molar-refractivity contribution in [3.8, 4) is 0 Å². The van der Waals surface area contributed by atoms with E-state index in [0.717, 1.165) is 0 Å². The van der Waals surface area contributed by atoms with Crippen molar-refractivity contribution in [2.75, 3.05) is 0 Å². The summed E-state index contributed by atoms with van der Waals surface area (Å²) in [6.45, 7) is 0. The smallest absolute Gasteiger partial charge is 0.267 e. The molecular formula is C7H4INO3S. The third-order valence-corrected chi connectivity index (χ3v) is 3.99. The molecule has 2 rings (SSSR count). The Balaban J connectivity index is 2.87. The topological polar surface area (TPSA) is 63.2 Å². The summed E-state index contributed by atoms with van der Waals surface area (Å²) in [5, 5.41) is 0. The molecule has 13 heavy (non-hydrogen) atoms. The Morgan fingerprint density at radius 1 is 1.31 bits per heavy atom. The molecule has 0 unspecified atom stereocenters. The summed E-state index contributed by atoms with van der Waals surface area (Å²) in [7, 11) is -3.58. The van der Waals surface area contributed by atoms with E-state index in [1.54, 1.807) is 12.1 Å². The number of hydrogen-bond donors (Lipinski definition) is 1. The summed E-state index contributed by atoms with van der Waals surface area (Å²) >= 11 is 1.93. The minimum atomic E-state index is -3.58. The van der Waals surface area contributed by atoms with Crippen molar-refractivity contribution in [3.05, 3.63) is 27.3 Å². The lowest BCUT2D eigenvalue weighted by Gasteiger charge is -1.95. The van der Waals surface area contributed by atoms with Gasteiger partial charge >= 0.3 is 0 Å². The van der Waals surface area contributed by atoms with Gasteiger partial charge in [-0.1, -0.05) is 6.07 Å². The van der Waals surface area contributed by atoms with Gasteiger partial charge < -0.3 is 0 Å². The van der Waals surface area contributed by atoms with Crippen LogP contribution in [0.4, 0.5) is 0 Å². The largest absolute Gasteiger partial charge is 0.268 e. The first-order valence-corrected chi connectivity index (χ1v) is 5.94. The van der Waals surface area contributed by atoms with Crippen LogP contribution in [0.1, 0.15) is 10.4 Å². The Morgan fingerprint density at radius 3 is 2.62 bits per heavy atom. The lowest BCUT2D eigenvalue weighted by molar-refractivity contribution is 0.0984. The maximum Gasteiger partial charge on any atom is 0.267 e. The van der Waals surface area contributed by atoms with Gasteiger partial charge in [0.1, 0.15) is 4.90 Å². The Labute approximate surface area is 88.5 Å². The van der Waals surface area contributed by atoms with E-state index in [0.29, 0.717) is 3.57 Å². The monoisotopic (exact) mass is 309 g/mol. The summed E-state index contributed by atoms with van der Waals surface area (Å²) in [6, 6.07) is 4.73. The first-order valence-electron chi connectivity index (χ1n) is 3.38. The second kappa shape index (κ2) is 2.68. The number of carbonyl (C=O) groups is 1. The molecule has 1 aromatic rings. The highest BCUT2D eigenvalue weighted by molar-refractivity contribution is 14.1. The second-order valence-electron chi connectivity index (χ2n) is 2.55. The molecule has 0 aromatic heterocycles. The third-order valence-electron chi connectivity index (χ3n) is 1.72. The standard InChI is InChI=1S/C7H4INO3S/c8-4-2-1-3-5-6(4)7(10)9-13(5,11)12/h1-3H,(H,9,10). The quantitative estimate of drug-likeness (QED) is 0.719. The molecule has 1 aromatic carbocycles. The zero-order chi connectivity index (χ0) is 9.64. The molecular weight excluding hydrogens is 305 g/mol. The Morgan fingerprint density at radius 2 is 2.00 bits per heavy atom. The van der Waals surface area contributed by atoms with Gasteiger partial charge in [0.15, 0.2) is 0 Å². The summed E-state index contributed by atoms with van der Waals surface area (Å²) in [4.78, 5) is 11.3. The number of hydrogen-bond acceptors (Lipinski definition) is 3. The fourth-order valence-electron chi connectivity index (χ4n) is 1.18. The van der Waals surface area contributed by atoms with Crippen molar-refractivity contribution >= 4 is 38.5 Å². The van der Waals surface area contributed by atoms with Crippen LogP contribution in [-0.2, 0) is 10.0 Å². The van der Waals surface area contributed by atoms with Gasteiger partial charge in [0.25, 0.3) is 15.9 Å². The van der Waals surface area contributed by atoms with Crippen LogP contribution in [0, 0.1) is 3.57 Å². The minimum Gasteiger partial charge on any atom is -0.268 e. The van der Waals surface area contributed by atoms with Gasteiger partial charge in [-0.15, -0.1) is 0 Å². The van der Waals surface area contributed by atoms with Crippen LogP contribution < -0.4 is 4.72 Å². The van der Waals surface area contributed by atoms with E-state index in [1.165, 1.54) is 6.07 Å². The van der Waals surface area contributed by atoms with Gasteiger partial charge in [0.2, 0.25) is 0 Å². The van der Waals surface area contributed by atoms with Crippen LogP contribution in [0.2, 0.25) is 0 Å². The lowest BCUT2D eigenvalue weighted by atomic mass is 10.2. The van der Waals surface area contributed by atoms with Crippen LogP contribution >= 0.6 is 22.6 Å². The molecule has 1 N–H and O–H groups in total. The molecule has 1 heterocycles. The summed E-state index contributed by atoms with van der Waals surface area (Å²) in [6.07, 6.45) is 0. The zero-order valence-electron chi connectivity index (χ0n) is 6.24. The Hall–Kier alpha value is -0.630. The fourth-order valence-corrected chi connectivity index (χ4v) is 3.29. The van der Waals surface area contributed by atoms with E-state index in [4.69, 9.17) is 0 Å². The van der Waals surface area contributed by atoms with E-state index in [1.807, 2.05) is 27.3 Å². The molecule has 68 valence electrons. The highest BCUT2D eigenvalue weighted by Crippen LogP contribution is 2.26. The van der Waals surface area contributed by atoms with E-state index in [-0.39, 0.29) is 10.5 Å². The van der Waals surface area contributed by atoms with Crippen LogP contribution in [0.25, 0.3) is 0 Å². The van der Waals surface area contributed by atoms with Gasteiger partial charge in [-0.2, -0.15) is 0 Å². The molecule has 0 bridgehead atoms. The van der Waals surface area contributed by atoms with Gasteiger partial charge in [0.05, 0.1) is 5.56 Å². The first kappa shape index (κ1) is 8.95. The second-order valence-corrected chi connectivity index (χ2v) is 5.36. The number of fused-ring (bicyclic) bond motifs is 1. The summed E-state index contributed by atoms with van der Waals surface area (Å²) < 4.78 is 25.1. The van der Waals surface area contributed by atoms with E-state index >= 15 is 0 Å². The molecule has 0 radical (unpaired) electrons. The number of benzene rings is 1. The lowest BCUT2D eigenvalue weighted by Crippen LogP contribution is -2.20.